The number of anilines is 1. The molecular formula is C60H95N9O13. The molecule has 2 aromatic carbocycles. The number of hydrogen-bond acceptors (Lipinski definition) is 13. The molecule has 0 aromatic heterocycles. The second kappa shape index (κ2) is 34.2. The minimum absolute atomic E-state index is 0.00204. The number of methoxy groups -OCH3 is 2. The van der Waals surface area contributed by atoms with E-state index in [0.29, 0.717) is 37.1 Å². The summed E-state index contributed by atoms with van der Waals surface area (Å²) in [5, 5.41) is 22.8. The van der Waals surface area contributed by atoms with Crippen molar-refractivity contribution in [3.63, 3.8) is 0 Å². The summed E-state index contributed by atoms with van der Waals surface area (Å²) < 4.78 is 12.1. The van der Waals surface area contributed by atoms with Gasteiger partial charge in [-0.05, 0) is 87.2 Å². The molecule has 3 rings (SSSR count). The third-order valence-electron chi connectivity index (χ3n) is 15.3. The number of likely N-dealkylation sites (N-methyl/N-ethyl adjacent to an activating group) is 2. The summed E-state index contributed by atoms with van der Waals surface area (Å²) in [5.41, 5.74) is 4.29. The van der Waals surface area contributed by atoms with E-state index in [9.17, 15) is 43.2 Å². The maximum absolute atomic E-state index is 14.5. The number of carboxylic acids is 1. The van der Waals surface area contributed by atoms with Gasteiger partial charge >= 0.3 is 5.97 Å². The molecule has 7 N–H and O–H groups in total. The van der Waals surface area contributed by atoms with Gasteiger partial charge in [-0.15, -0.1) is 0 Å². The number of likely N-dealkylation sites (tertiary alicyclic amines) is 1. The number of carboxylic acid groups (broad SMARTS) is 1. The smallest absolute Gasteiger partial charge is 0.303 e. The number of benzene rings is 2. The van der Waals surface area contributed by atoms with Crippen molar-refractivity contribution in [2.45, 2.75) is 182 Å². The molecule has 1 fully saturated rings. The summed E-state index contributed by atoms with van der Waals surface area (Å²) in [7, 11) is 8.39. The predicted molar refractivity (Wildman–Crippen MR) is 311 cm³/mol. The van der Waals surface area contributed by atoms with Crippen LogP contribution in [0.1, 0.15) is 125 Å². The first-order chi connectivity index (χ1) is 38.7. The summed E-state index contributed by atoms with van der Waals surface area (Å²) in [6.07, 6.45) is 0.374. The lowest BCUT2D eigenvalue weighted by Gasteiger charge is -2.41. The van der Waals surface area contributed by atoms with Crippen molar-refractivity contribution >= 4 is 58.9 Å². The molecule has 1 aliphatic heterocycles. The Kier molecular flexibility index (Phi) is 29.1. The molecule has 22 nitrogen and oxygen atoms in total. The number of carbonyl (C=O) groups is 9. The molecule has 2 aromatic rings. The lowest BCUT2D eigenvalue weighted by Crippen LogP contribution is -2.59. The standard InChI is InChI=1S/C60H95N9O13/c1-16-38(8)53(68(13)60(79)51(36(4)5)65-59(78)52(37(6)7)67(11)12)46(80-14)33-48(71)69-31-21-24-45(69)54(81-15)39(9)55(74)63-44(32-41-22-18-17-19-23-41)57(76)66-82-34-42-27-29-43(30-28-42)62-56(75)40(10)61-58(77)50(35(2)3)64-47(70)25-20-26-49(72)73/h17-19,22-23,27-30,35-40,44-46,50-54H,16,20-21,24-26,31-34H2,1-15H3,(H,61,77)(H,62,75)(H,63,74)(H,64,70)(H,65,78)(H,66,76)(H,72,73)/t38-,39+,40+,44-,45-,46+,50+,51-,52-,53-,54+/m0/s1. The number of rotatable bonds is 34. The fraction of sp³-hybridized carbons (Fsp3) is 0.650. The van der Waals surface area contributed by atoms with E-state index in [1.807, 2.05) is 90.9 Å². The van der Waals surface area contributed by atoms with Gasteiger partial charge in [-0.25, -0.2) is 5.48 Å². The van der Waals surface area contributed by atoms with Crippen LogP contribution >= 0.6 is 0 Å². The average Bonchev–Trinajstić information content (AvgIpc) is 3.91. The zero-order chi connectivity index (χ0) is 61.5. The van der Waals surface area contributed by atoms with Gasteiger partial charge < -0.3 is 51.0 Å². The van der Waals surface area contributed by atoms with Gasteiger partial charge in [0.05, 0.1) is 49.3 Å². The molecule has 22 heteroatoms. The van der Waals surface area contributed by atoms with Crippen molar-refractivity contribution in [1.29, 1.82) is 0 Å². The van der Waals surface area contributed by atoms with Crippen molar-refractivity contribution in [3.8, 4) is 0 Å². The van der Waals surface area contributed by atoms with E-state index in [1.54, 1.807) is 61.9 Å². The number of amides is 8. The largest absolute Gasteiger partial charge is 0.481 e. The molecule has 1 heterocycles. The van der Waals surface area contributed by atoms with Gasteiger partial charge in [-0.3, -0.25) is 52.9 Å². The zero-order valence-electron chi connectivity index (χ0n) is 51.0. The van der Waals surface area contributed by atoms with Crippen LogP contribution in [0.5, 0.6) is 0 Å². The minimum Gasteiger partial charge on any atom is -0.481 e. The Morgan fingerprint density at radius 1 is 0.695 bits per heavy atom. The highest BCUT2D eigenvalue weighted by atomic mass is 16.7. The van der Waals surface area contributed by atoms with Gasteiger partial charge in [0.1, 0.15) is 24.2 Å². The number of nitrogens with one attached hydrogen (secondary N) is 6. The van der Waals surface area contributed by atoms with Crippen molar-refractivity contribution < 1.29 is 62.6 Å². The van der Waals surface area contributed by atoms with Gasteiger partial charge in [0, 0.05) is 52.8 Å². The minimum atomic E-state index is -1.08. The molecule has 0 bridgehead atoms. The number of hydrogen-bond donors (Lipinski definition) is 7. The van der Waals surface area contributed by atoms with Gasteiger partial charge in [0.25, 0.3) is 5.91 Å². The topological polar surface area (TPSA) is 283 Å². The number of ether oxygens (including phenoxy) is 2. The fourth-order valence-electron chi connectivity index (χ4n) is 10.5. The summed E-state index contributed by atoms with van der Waals surface area (Å²) in [6.45, 7) is 18.7. The number of carbonyl (C=O) groups excluding carboxylic acids is 8. The van der Waals surface area contributed by atoms with E-state index in [0.717, 1.165) is 5.56 Å². The van der Waals surface area contributed by atoms with Gasteiger partial charge in [-0.2, -0.15) is 0 Å². The molecule has 1 saturated heterocycles. The molecule has 8 amide bonds. The SMILES string of the molecule is CC[C@H](C)[C@@H]([C@@H](CC(=O)N1CCC[C@H]1[C@H](OC)[C@@H](C)C(=O)N[C@@H](Cc1ccccc1)C(=O)NOCc1ccc(NC(=O)[C@@H](C)NC(=O)[C@H](NC(=O)CCCC(=O)O)C(C)C)cc1)OC)N(C)C(=O)[C@@H](NC(=O)[C@H](C(C)C)N(C)C)C(C)C. The van der Waals surface area contributed by atoms with Crippen LogP contribution < -0.4 is 32.1 Å². The molecule has 0 spiro atoms. The number of hydroxylamine groups is 1. The van der Waals surface area contributed by atoms with Crippen LogP contribution in [-0.4, -0.2) is 169 Å². The van der Waals surface area contributed by atoms with E-state index in [4.69, 9.17) is 19.4 Å². The van der Waals surface area contributed by atoms with Crippen molar-refractivity contribution in [1.82, 2.24) is 41.4 Å². The normalized spacial score (nSPS) is 17.1. The lowest BCUT2D eigenvalue weighted by molar-refractivity contribution is -0.148. The Labute approximate surface area is 485 Å². The Morgan fingerprint density at radius 3 is 1.88 bits per heavy atom. The van der Waals surface area contributed by atoms with E-state index >= 15 is 0 Å². The van der Waals surface area contributed by atoms with Crippen molar-refractivity contribution in [2.24, 2.45) is 29.6 Å². The summed E-state index contributed by atoms with van der Waals surface area (Å²) in [4.78, 5) is 131. The van der Waals surface area contributed by atoms with Gasteiger partial charge in [-0.1, -0.05) is 111 Å². The molecule has 0 aliphatic carbocycles. The Morgan fingerprint density at radius 2 is 1.33 bits per heavy atom. The first kappa shape index (κ1) is 69.8. The molecule has 458 valence electrons. The number of nitrogens with zero attached hydrogens (tertiary/aromatic N) is 3. The highest BCUT2D eigenvalue weighted by molar-refractivity contribution is 5.98. The van der Waals surface area contributed by atoms with E-state index < -0.39 is 95.9 Å². The summed E-state index contributed by atoms with van der Waals surface area (Å²) in [6, 6.07) is 10.5. The number of aliphatic carboxylic acids is 1. The molecule has 11 atom stereocenters. The van der Waals surface area contributed by atoms with E-state index in [1.165, 1.54) is 21.1 Å². The Balaban J connectivity index is 1.69. The Bertz CT molecular complexity index is 2400. The van der Waals surface area contributed by atoms with Crippen molar-refractivity contribution in [3.05, 3.63) is 65.7 Å². The van der Waals surface area contributed by atoms with Crippen LogP contribution in [-0.2, 0) is 70.5 Å². The maximum atomic E-state index is 14.5. The molecule has 0 unspecified atom stereocenters. The van der Waals surface area contributed by atoms with Crippen LogP contribution in [0.3, 0.4) is 0 Å². The quantitative estimate of drug-likeness (QED) is 0.0477. The van der Waals surface area contributed by atoms with Crippen molar-refractivity contribution in [2.75, 3.05) is 47.2 Å². The molecule has 0 saturated carbocycles. The van der Waals surface area contributed by atoms with E-state index in [2.05, 4.69) is 32.1 Å². The van der Waals surface area contributed by atoms with Gasteiger partial charge in [0.2, 0.25) is 41.4 Å². The molecule has 82 heavy (non-hydrogen) atoms. The second-order valence-corrected chi connectivity index (χ2v) is 22.9. The average molecular weight is 1150 g/mol. The van der Waals surface area contributed by atoms with Crippen LogP contribution in [0.25, 0.3) is 0 Å². The van der Waals surface area contributed by atoms with Crippen LogP contribution in [0.2, 0.25) is 0 Å². The third kappa shape index (κ3) is 21.0. The zero-order valence-corrected chi connectivity index (χ0v) is 51.0. The Hall–Kier alpha value is -6.49. The highest BCUT2D eigenvalue weighted by Gasteiger charge is 2.44. The monoisotopic (exact) mass is 1150 g/mol. The highest BCUT2D eigenvalue weighted by Crippen LogP contribution is 2.30. The molecular weight excluding hydrogens is 1050 g/mol. The first-order valence-electron chi connectivity index (χ1n) is 28.7. The lowest BCUT2D eigenvalue weighted by atomic mass is 9.89. The maximum Gasteiger partial charge on any atom is 0.303 e. The van der Waals surface area contributed by atoms with Crippen LogP contribution in [0, 0.1) is 29.6 Å². The fourth-order valence-corrected chi connectivity index (χ4v) is 10.5. The first-order valence-corrected chi connectivity index (χ1v) is 28.7. The third-order valence-corrected chi connectivity index (χ3v) is 15.3. The second-order valence-electron chi connectivity index (χ2n) is 22.9. The molecule has 1 aliphatic rings. The predicted octanol–water partition coefficient (Wildman–Crippen LogP) is 4.45. The van der Waals surface area contributed by atoms with Gasteiger partial charge in [0.15, 0.2) is 0 Å². The van der Waals surface area contributed by atoms with E-state index in [-0.39, 0.29) is 80.1 Å². The molecule has 0 radical (unpaired) electrons. The summed E-state index contributed by atoms with van der Waals surface area (Å²) >= 11 is 0. The van der Waals surface area contributed by atoms with Crippen LogP contribution in [0.15, 0.2) is 54.6 Å². The summed E-state index contributed by atoms with van der Waals surface area (Å²) in [5.74, 6) is -5.88. The van der Waals surface area contributed by atoms with Crippen LogP contribution in [0.4, 0.5) is 5.69 Å².